The zero-order chi connectivity index (χ0) is 8.55. The lowest BCUT2D eigenvalue weighted by Gasteiger charge is -2.06. The second-order valence-electron chi connectivity index (χ2n) is 3.03. The van der Waals surface area contributed by atoms with Crippen LogP contribution in [0.3, 0.4) is 0 Å². The van der Waals surface area contributed by atoms with E-state index in [2.05, 4.69) is 28.1 Å². The van der Waals surface area contributed by atoms with Crippen LogP contribution >= 0.6 is 15.9 Å². The number of methoxy groups -OCH3 is 1. The molecule has 0 fully saturated rings. The van der Waals surface area contributed by atoms with Crippen molar-refractivity contribution in [2.45, 2.75) is 17.7 Å². The molecule has 0 aromatic heterocycles. The minimum absolute atomic E-state index is 0.530. The summed E-state index contributed by atoms with van der Waals surface area (Å²) in [5.74, 6) is 1.04. The van der Waals surface area contributed by atoms with Gasteiger partial charge in [0.05, 0.1) is 7.11 Å². The Morgan fingerprint density at radius 3 is 3.08 bits per heavy atom. The fourth-order valence-electron chi connectivity index (χ4n) is 1.76. The minimum atomic E-state index is 0.530. The van der Waals surface area contributed by atoms with E-state index in [0.29, 0.717) is 4.83 Å². The Morgan fingerprint density at radius 2 is 2.33 bits per heavy atom. The molecule has 0 saturated heterocycles. The maximum Gasteiger partial charge on any atom is 0.122 e. The van der Waals surface area contributed by atoms with Crippen molar-refractivity contribution in [1.29, 1.82) is 0 Å². The molecule has 0 radical (unpaired) electrons. The third-order valence-corrected chi connectivity index (χ3v) is 3.33. The van der Waals surface area contributed by atoms with Crippen LogP contribution < -0.4 is 4.74 Å². The van der Waals surface area contributed by atoms with Gasteiger partial charge in [0.25, 0.3) is 0 Å². The molecule has 1 aromatic carbocycles. The molecule has 1 aromatic rings. The molecule has 12 heavy (non-hydrogen) atoms. The van der Waals surface area contributed by atoms with Gasteiger partial charge in [-0.15, -0.1) is 0 Å². The highest BCUT2D eigenvalue weighted by molar-refractivity contribution is 9.09. The van der Waals surface area contributed by atoms with Crippen molar-refractivity contribution in [2.24, 2.45) is 0 Å². The lowest BCUT2D eigenvalue weighted by atomic mass is 10.1. The number of halogens is 1. The maximum atomic E-state index is 5.28. The van der Waals surface area contributed by atoms with Crippen LogP contribution in [0.5, 0.6) is 5.75 Å². The zero-order valence-electron chi connectivity index (χ0n) is 7.01. The third-order valence-electron chi connectivity index (χ3n) is 2.37. The van der Waals surface area contributed by atoms with E-state index in [-0.39, 0.29) is 0 Å². The van der Waals surface area contributed by atoms with Gasteiger partial charge in [-0.25, -0.2) is 0 Å². The molecular formula is C10H11BrO. The maximum absolute atomic E-state index is 5.28. The van der Waals surface area contributed by atoms with Crippen molar-refractivity contribution in [3.05, 3.63) is 29.3 Å². The van der Waals surface area contributed by atoms with E-state index in [4.69, 9.17) is 4.74 Å². The van der Waals surface area contributed by atoms with E-state index in [1.165, 1.54) is 17.5 Å². The Kier molecular flexibility index (Phi) is 2.09. The SMILES string of the molecule is COc1cccc2c1CCC2Br. The summed E-state index contributed by atoms with van der Waals surface area (Å²) in [5, 5.41) is 0. The van der Waals surface area contributed by atoms with Crippen LogP contribution in [0.25, 0.3) is 0 Å². The monoisotopic (exact) mass is 226 g/mol. The topological polar surface area (TPSA) is 9.23 Å². The van der Waals surface area contributed by atoms with E-state index in [0.717, 1.165) is 12.2 Å². The summed E-state index contributed by atoms with van der Waals surface area (Å²) >= 11 is 3.64. The molecule has 0 amide bonds. The van der Waals surface area contributed by atoms with Gasteiger partial charge in [0.1, 0.15) is 5.75 Å². The molecule has 0 N–H and O–H groups in total. The third kappa shape index (κ3) is 1.14. The Morgan fingerprint density at radius 1 is 1.50 bits per heavy atom. The van der Waals surface area contributed by atoms with Crippen LogP contribution in [-0.4, -0.2) is 7.11 Å². The number of ether oxygens (including phenoxy) is 1. The number of benzene rings is 1. The molecule has 1 unspecified atom stereocenters. The molecule has 0 bridgehead atoms. The summed E-state index contributed by atoms with van der Waals surface area (Å²) in [4.78, 5) is 0.530. The first kappa shape index (κ1) is 8.11. The van der Waals surface area contributed by atoms with E-state index >= 15 is 0 Å². The Bertz CT molecular complexity index is 296. The van der Waals surface area contributed by atoms with Crippen molar-refractivity contribution in [2.75, 3.05) is 7.11 Å². The lowest BCUT2D eigenvalue weighted by Crippen LogP contribution is -1.90. The quantitative estimate of drug-likeness (QED) is 0.670. The molecule has 1 aliphatic carbocycles. The van der Waals surface area contributed by atoms with Crippen molar-refractivity contribution in [3.8, 4) is 5.75 Å². The Hall–Kier alpha value is -0.500. The largest absolute Gasteiger partial charge is 0.496 e. The van der Waals surface area contributed by atoms with Crippen LogP contribution in [0.15, 0.2) is 18.2 Å². The summed E-state index contributed by atoms with van der Waals surface area (Å²) in [6, 6.07) is 6.26. The van der Waals surface area contributed by atoms with Crippen molar-refractivity contribution in [3.63, 3.8) is 0 Å². The van der Waals surface area contributed by atoms with Gasteiger partial charge in [-0.05, 0) is 30.0 Å². The van der Waals surface area contributed by atoms with E-state index in [1.54, 1.807) is 7.11 Å². The van der Waals surface area contributed by atoms with Crippen LogP contribution in [0.2, 0.25) is 0 Å². The van der Waals surface area contributed by atoms with Crippen molar-refractivity contribution in [1.82, 2.24) is 0 Å². The van der Waals surface area contributed by atoms with Gasteiger partial charge >= 0.3 is 0 Å². The Labute approximate surface area is 80.9 Å². The molecule has 64 valence electrons. The van der Waals surface area contributed by atoms with E-state index in [9.17, 15) is 0 Å². The minimum Gasteiger partial charge on any atom is -0.496 e. The standard InChI is InChI=1S/C10H11BrO/c1-12-10-4-2-3-7-8(10)5-6-9(7)11/h2-4,9H,5-6H2,1H3. The lowest BCUT2D eigenvalue weighted by molar-refractivity contribution is 0.410. The molecule has 0 aliphatic heterocycles. The summed E-state index contributed by atoms with van der Waals surface area (Å²) in [7, 11) is 1.73. The fraction of sp³-hybridized carbons (Fsp3) is 0.400. The fourth-order valence-corrected chi connectivity index (χ4v) is 2.42. The van der Waals surface area contributed by atoms with Gasteiger partial charge in [-0.1, -0.05) is 28.1 Å². The van der Waals surface area contributed by atoms with E-state index < -0.39 is 0 Å². The summed E-state index contributed by atoms with van der Waals surface area (Å²) < 4.78 is 5.28. The number of fused-ring (bicyclic) bond motifs is 1. The number of alkyl halides is 1. The molecule has 1 atom stereocenters. The average Bonchev–Trinajstić information content (AvgIpc) is 2.48. The molecule has 2 heteroatoms. The van der Waals surface area contributed by atoms with Crippen molar-refractivity contribution >= 4 is 15.9 Å². The van der Waals surface area contributed by atoms with Crippen molar-refractivity contribution < 1.29 is 4.74 Å². The summed E-state index contributed by atoms with van der Waals surface area (Å²) in [5.41, 5.74) is 2.77. The Balaban J connectivity index is 2.50. The van der Waals surface area contributed by atoms with Gasteiger partial charge < -0.3 is 4.74 Å². The first-order chi connectivity index (χ1) is 5.83. The van der Waals surface area contributed by atoms with Crippen LogP contribution in [0.1, 0.15) is 22.4 Å². The zero-order valence-corrected chi connectivity index (χ0v) is 8.60. The van der Waals surface area contributed by atoms with Gasteiger partial charge in [-0.2, -0.15) is 0 Å². The predicted octanol–water partition coefficient (Wildman–Crippen LogP) is 3.08. The van der Waals surface area contributed by atoms with Gasteiger partial charge in [0, 0.05) is 4.83 Å². The average molecular weight is 227 g/mol. The first-order valence-corrected chi connectivity index (χ1v) is 5.04. The molecule has 1 aliphatic rings. The highest BCUT2D eigenvalue weighted by Crippen LogP contribution is 2.41. The van der Waals surface area contributed by atoms with Crippen LogP contribution in [0.4, 0.5) is 0 Å². The second kappa shape index (κ2) is 3.09. The second-order valence-corrected chi connectivity index (χ2v) is 4.14. The predicted molar refractivity (Wildman–Crippen MR) is 53.0 cm³/mol. The number of hydrogen-bond acceptors (Lipinski definition) is 1. The highest BCUT2D eigenvalue weighted by Gasteiger charge is 2.22. The highest BCUT2D eigenvalue weighted by atomic mass is 79.9. The van der Waals surface area contributed by atoms with Crippen LogP contribution in [0, 0.1) is 0 Å². The van der Waals surface area contributed by atoms with Gasteiger partial charge in [0.15, 0.2) is 0 Å². The molecule has 0 spiro atoms. The molecular weight excluding hydrogens is 216 g/mol. The van der Waals surface area contributed by atoms with Gasteiger partial charge in [-0.3, -0.25) is 0 Å². The molecule has 0 saturated carbocycles. The van der Waals surface area contributed by atoms with Crippen LogP contribution in [-0.2, 0) is 6.42 Å². The van der Waals surface area contributed by atoms with Gasteiger partial charge in [0.2, 0.25) is 0 Å². The molecule has 2 rings (SSSR count). The first-order valence-electron chi connectivity index (χ1n) is 4.13. The molecule has 1 nitrogen and oxygen atoms in total. The number of hydrogen-bond donors (Lipinski definition) is 0. The molecule has 0 heterocycles. The summed E-state index contributed by atoms with van der Waals surface area (Å²) in [6.07, 6.45) is 2.32. The number of rotatable bonds is 1. The summed E-state index contributed by atoms with van der Waals surface area (Å²) in [6.45, 7) is 0. The smallest absolute Gasteiger partial charge is 0.122 e. The normalized spacial score (nSPS) is 20.7. The van der Waals surface area contributed by atoms with E-state index in [1.807, 2.05) is 6.07 Å².